The number of epoxide rings is 1. The molecule has 2 aromatic heterocycles. The van der Waals surface area contributed by atoms with E-state index in [1.807, 2.05) is 44.2 Å². The molecule has 6 rings (SSSR count). The van der Waals surface area contributed by atoms with Crippen molar-refractivity contribution in [1.29, 1.82) is 0 Å². The Morgan fingerprint density at radius 3 is 2.29 bits per heavy atom. The van der Waals surface area contributed by atoms with Gasteiger partial charge in [-0.05, 0) is 116 Å². The van der Waals surface area contributed by atoms with Gasteiger partial charge in [-0.1, -0.05) is 11.1 Å². The first-order chi connectivity index (χ1) is 23.4. The molecule has 0 aliphatic carbocycles. The molecule has 0 spiro atoms. The summed E-state index contributed by atoms with van der Waals surface area (Å²) in [4.78, 5) is 11.5. The van der Waals surface area contributed by atoms with Crippen LogP contribution >= 0.6 is 0 Å². The first kappa shape index (κ1) is 34.5. The van der Waals surface area contributed by atoms with E-state index in [9.17, 15) is 9.90 Å². The fraction of sp³-hybridized carbons (Fsp3) is 0.425. The summed E-state index contributed by atoms with van der Waals surface area (Å²) in [5.41, 5.74) is 3.06. The van der Waals surface area contributed by atoms with E-state index in [2.05, 4.69) is 33.8 Å². The zero-order valence-electron chi connectivity index (χ0n) is 29.1. The Kier molecular flexibility index (Phi) is 10.1. The SMILES string of the molecule is C/C(=C\COc1c(/C=C\[C@@H]2OC(CC/C(C)=C/COc3ccc4ccc(=O)oc4c3)C(C)(C)O2)c(O)cc2occc12)CCC1OC1(C)C. The molecule has 0 amide bonds. The Morgan fingerprint density at radius 2 is 1.55 bits per heavy atom. The number of ether oxygens (including phenoxy) is 5. The summed E-state index contributed by atoms with van der Waals surface area (Å²) in [7, 11) is 0. The molecule has 49 heavy (non-hydrogen) atoms. The van der Waals surface area contributed by atoms with Crippen LogP contribution in [0.5, 0.6) is 17.2 Å². The number of allylic oxidation sites excluding steroid dienone is 2. The van der Waals surface area contributed by atoms with Crippen molar-refractivity contribution in [3.05, 3.63) is 94.1 Å². The van der Waals surface area contributed by atoms with Crippen LogP contribution in [0.4, 0.5) is 0 Å². The van der Waals surface area contributed by atoms with Crippen molar-refractivity contribution in [2.24, 2.45) is 0 Å². The van der Waals surface area contributed by atoms with Gasteiger partial charge in [0.25, 0.3) is 0 Å². The molecule has 2 aliphatic heterocycles. The molecule has 0 saturated carbocycles. The lowest BCUT2D eigenvalue weighted by Crippen LogP contribution is -2.32. The van der Waals surface area contributed by atoms with Crippen molar-refractivity contribution in [1.82, 2.24) is 0 Å². The van der Waals surface area contributed by atoms with E-state index in [0.717, 1.165) is 36.5 Å². The van der Waals surface area contributed by atoms with Crippen LogP contribution in [0.25, 0.3) is 28.0 Å². The Labute approximate surface area is 286 Å². The zero-order valence-corrected chi connectivity index (χ0v) is 29.1. The summed E-state index contributed by atoms with van der Waals surface area (Å²) < 4.78 is 41.3. The van der Waals surface area contributed by atoms with Crippen molar-refractivity contribution in [3.8, 4) is 17.2 Å². The van der Waals surface area contributed by atoms with E-state index in [1.165, 1.54) is 17.2 Å². The zero-order chi connectivity index (χ0) is 34.8. The van der Waals surface area contributed by atoms with Gasteiger partial charge >= 0.3 is 5.63 Å². The van der Waals surface area contributed by atoms with Crippen LogP contribution in [0.15, 0.2) is 91.7 Å². The molecule has 2 aromatic carbocycles. The monoisotopic (exact) mass is 670 g/mol. The first-order valence-corrected chi connectivity index (χ1v) is 16.9. The van der Waals surface area contributed by atoms with Crippen LogP contribution in [-0.2, 0) is 14.2 Å². The average molecular weight is 671 g/mol. The van der Waals surface area contributed by atoms with E-state index in [4.69, 9.17) is 32.5 Å². The molecule has 2 saturated heterocycles. The fourth-order valence-electron chi connectivity index (χ4n) is 6.14. The summed E-state index contributed by atoms with van der Waals surface area (Å²) in [6.45, 7) is 13.2. The molecule has 9 nitrogen and oxygen atoms in total. The van der Waals surface area contributed by atoms with Gasteiger partial charge in [-0.15, -0.1) is 0 Å². The number of phenolic OH excluding ortho intramolecular Hbond substituents is 1. The topological polar surface area (TPSA) is 113 Å². The van der Waals surface area contributed by atoms with Gasteiger partial charge in [-0.3, -0.25) is 0 Å². The van der Waals surface area contributed by atoms with E-state index in [0.29, 0.717) is 47.5 Å². The number of rotatable bonds is 14. The van der Waals surface area contributed by atoms with Crippen LogP contribution in [0.1, 0.15) is 72.8 Å². The van der Waals surface area contributed by atoms with Crippen molar-refractivity contribution >= 4 is 28.0 Å². The number of aromatic hydroxyl groups is 1. The number of fused-ring (bicyclic) bond motifs is 2. The number of phenols is 1. The van der Waals surface area contributed by atoms with E-state index in [1.54, 1.807) is 30.5 Å². The van der Waals surface area contributed by atoms with E-state index < -0.39 is 11.9 Å². The lowest BCUT2D eigenvalue weighted by Gasteiger charge is -2.23. The van der Waals surface area contributed by atoms with Crippen molar-refractivity contribution in [2.45, 2.75) is 96.9 Å². The lowest BCUT2D eigenvalue weighted by molar-refractivity contribution is -0.0453. The molecular formula is C40H46O9. The first-order valence-electron chi connectivity index (χ1n) is 16.9. The maximum absolute atomic E-state index is 11.5. The molecule has 4 heterocycles. The highest BCUT2D eigenvalue weighted by molar-refractivity contribution is 5.91. The van der Waals surface area contributed by atoms with Crippen LogP contribution < -0.4 is 15.1 Å². The Balaban J connectivity index is 1.04. The van der Waals surface area contributed by atoms with Crippen molar-refractivity contribution < 1.29 is 37.6 Å². The minimum absolute atomic E-state index is 0.0106. The quantitative estimate of drug-likeness (QED) is 0.0798. The molecule has 0 bridgehead atoms. The smallest absolute Gasteiger partial charge is 0.336 e. The summed E-state index contributed by atoms with van der Waals surface area (Å²) in [6.07, 6.45) is 12.4. The molecule has 0 radical (unpaired) electrons. The van der Waals surface area contributed by atoms with Crippen LogP contribution in [0.2, 0.25) is 0 Å². The highest BCUT2D eigenvalue weighted by atomic mass is 16.7. The molecule has 3 atom stereocenters. The highest BCUT2D eigenvalue weighted by Crippen LogP contribution is 2.41. The Bertz CT molecular complexity index is 1940. The molecule has 2 unspecified atom stereocenters. The minimum atomic E-state index is -0.594. The van der Waals surface area contributed by atoms with Crippen molar-refractivity contribution in [3.63, 3.8) is 0 Å². The predicted octanol–water partition coefficient (Wildman–Crippen LogP) is 8.87. The fourth-order valence-corrected chi connectivity index (χ4v) is 6.14. The van der Waals surface area contributed by atoms with Gasteiger partial charge in [0.05, 0.1) is 40.6 Å². The second kappa shape index (κ2) is 14.3. The number of benzene rings is 2. The van der Waals surface area contributed by atoms with Gasteiger partial charge in [0.2, 0.25) is 0 Å². The maximum Gasteiger partial charge on any atom is 0.336 e. The Hall–Kier alpha value is -4.31. The van der Waals surface area contributed by atoms with Gasteiger partial charge in [-0.2, -0.15) is 0 Å². The molecule has 2 aliphatic rings. The van der Waals surface area contributed by atoms with Gasteiger partial charge in [0.15, 0.2) is 6.29 Å². The van der Waals surface area contributed by atoms with E-state index >= 15 is 0 Å². The second-order valence-electron chi connectivity index (χ2n) is 14.0. The third-order valence-corrected chi connectivity index (χ3v) is 9.34. The Morgan fingerprint density at radius 1 is 0.857 bits per heavy atom. The lowest BCUT2D eigenvalue weighted by atomic mass is 9.96. The number of furan rings is 1. The van der Waals surface area contributed by atoms with E-state index in [-0.39, 0.29) is 23.1 Å². The third kappa shape index (κ3) is 8.47. The van der Waals surface area contributed by atoms with Crippen LogP contribution in [0, 0.1) is 0 Å². The summed E-state index contributed by atoms with van der Waals surface area (Å²) in [5.74, 6) is 1.23. The van der Waals surface area contributed by atoms with Crippen molar-refractivity contribution in [2.75, 3.05) is 13.2 Å². The summed E-state index contributed by atoms with van der Waals surface area (Å²) in [6, 6.07) is 12.0. The molecule has 4 aromatic rings. The summed E-state index contributed by atoms with van der Waals surface area (Å²) >= 11 is 0. The molecule has 1 N–H and O–H groups in total. The molecule has 2 fully saturated rings. The standard InChI is InChI=1S/C40H46O9/c1-25(17-20-43-28-11-9-27-10-15-36(42)46-32(27)23-28)7-13-34-39(3,4)49-37(47-34)16-12-29-31(41)24-33-30(19-22-44-33)38(29)45-21-18-26(2)8-14-35-40(5,6)48-35/h9-12,15-19,22-24,34-35,37,41H,7-8,13-14,20-21H2,1-6H3/b16-12-,25-17+,26-18+/t34?,35?,37-/m1/s1. The van der Waals surface area contributed by atoms with Crippen LogP contribution in [-0.4, -0.2) is 48.0 Å². The molecule has 9 heteroatoms. The van der Waals surface area contributed by atoms with Crippen LogP contribution in [0.3, 0.4) is 0 Å². The normalized spacial score (nSPS) is 22.0. The predicted molar refractivity (Wildman–Crippen MR) is 189 cm³/mol. The number of hydrogen-bond acceptors (Lipinski definition) is 9. The summed E-state index contributed by atoms with van der Waals surface area (Å²) in [5, 5.41) is 12.6. The average Bonchev–Trinajstić information content (AvgIpc) is 3.31. The molecule has 260 valence electrons. The minimum Gasteiger partial charge on any atom is -0.507 e. The largest absolute Gasteiger partial charge is 0.507 e. The third-order valence-electron chi connectivity index (χ3n) is 9.34. The second-order valence-corrected chi connectivity index (χ2v) is 14.0. The van der Waals surface area contributed by atoms with Gasteiger partial charge in [-0.25, -0.2) is 4.79 Å². The van der Waals surface area contributed by atoms with Gasteiger partial charge in [0, 0.05) is 23.6 Å². The van der Waals surface area contributed by atoms with Gasteiger partial charge in [0.1, 0.15) is 41.6 Å². The molecular weight excluding hydrogens is 624 g/mol. The van der Waals surface area contributed by atoms with Gasteiger partial charge < -0.3 is 37.6 Å². The maximum atomic E-state index is 11.5. The highest BCUT2D eigenvalue weighted by Gasteiger charge is 2.46. The number of hydrogen-bond donors (Lipinski definition) is 1.